The van der Waals surface area contributed by atoms with Gasteiger partial charge in [0.25, 0.3) is 5.91 Å². The summed E-state index contributed by atoms with van der Waals surface area (Å²) < 4.78 is 1.72. The van der Waals surface area contributed by atoms with Crippen molar-refractivity contribution in [2.75, 3.05) is 5.32 Å². The van der Waals surface area contributed by atoms with E-state index >= 15 is 0 Å². The Bertz CT molecular complexity index is 1180. The van der Waals surface area contributed by atoms with Gasteiger partial charge in [-0.2, -0.15) is 0 Å². The predicted molar refractivity (Wildman–Crippen MR) is 116 cm³/mol. The van der Waals surface area contributed by atoms with Crippen LogP contribution in [-0.2, 0) is 0 Å². The van der Waals surface area contributed by atoms with Crippen LogP contribution in [-0.4, -0.2) is 20.7 Å². The molecular formula is C23H19ClN4O. The van der Waals surface area contributed by atoms with Crippen LogP contribution in [0.5, 0.6) is 0 Å². The molecule has 1 amide bonds. The molecule has 0 saturated carbocycles. The third-order valence-electron chi connectivity index (χ3n) is 4.53. The second kappa shape index (κ2) is 7.89. The first-order valence-corrected chi connectivity index (χ1v) is 9.56. The largest absolute Gasteiger partial charge is 0.319 e. The molecule has 1 aromatic heterocycles. The highest BCUT2D eigenvalue weighted by molar-refractivity contribution is 6.30. The third-order valence-corrected chi connectivity index (χ3v) is 4.78. The maximum absolute atomic E-state index is 12.8. The maximum atomic E-state index is 12.8. The first kappa shape index (κ1) is 18.9. The monoisotopic (exact) mass is 402 g/mol. The summed E-state index contributed by atoms with van der Waals surface area (Å²) in [5.41, 5.74) is 4.54. The fraction of sp³-hybridized carbons (Fsp3) is 0.0870. The van der Waals surface area contributed by atoms with Crippen molar-refractivity contribution in [2.45, 2.75) is 13.8 Å². The minimum Gasteiger partial charge on any atom is -0.319 e. The molecule has 0 spiro atoms. The number of aryl methyl sites for hydroxylation is 2. The number of hydrogen-bond acceptors (Lipinski definition) is 3. The van der Waals surface area contributed by atoms with E-state index in [1.54, 1.807) is 28.9 Å². The van der Waals surface area contributed by atoms with E-state index in [1.807, 2.05) is 62.4 Å². The van der Waals surface area contributed by atoms with Crippen LogP contribution in [0, 0.1) is 13.8 Å². The number of para-hydroxylation sites is 1. The van der Waals surface area contributed by atoms with Gasteiger partial charge in [0.2, 0.25) is 5.82 Å². The molecule has 0 aliphatic carbocycles. The summed E-state index contributed by atoms with van der Waals surface area (Å²) in [5, 5.41) is 7.95. The highest BCUT2D eigenvalue weighted by Crippen LogP contribution is 2.24. The third kappa shape index (κ3) is 4.05. The van der Waals surface area contributed by atoms with E-state index in [-0.39, 0.29) is 11.7 Å². The summed E-state index contributed by atoms with van der Waals surface area (Å²) in [4.78, 5) is 17.4. The summed E-state index contributed by atoms with van der Waals surface area (Å²) in [6, 6.07) is 22.8. The molecule has 0 radical (unpaired) electrons. The Morgan fingerprint density at radius 3 is 2.45 bits per heavy atom. The molecule has 29 heavy (non-hydrogen) atoms. The van der Waals surface area contributed by atoms with Crippen molar-refractivity contribution in [3.8, 4) is 17.1 Å². The first-order valence-electron chi connectivity index (χ1n) is 9.18. The molecule has 0 bridgehead atoms. The van der Waals surface area contributed by atoms with Gasteiger partial charge in [-0.15, -0.1) is 5.10 Å². The molecule has 3 aromatic carbocycles. The van der Waals surface area contributed by atoms with Gasteiger partial charge in [-0.1, -0.05) is 53.6 Å². The molecule has 5 nitrogen and oxygen atoms in total. The van der Waals surface area contributed by atoms with Crippen molar-refractivity contribution in [2.24, 2.45) is 0 Å². The molecular weight excluding hydrogens is 384 g/mol. The highest BCUT2D eigenvalue weighted by atomic mass is 35.5. The highest BCUT2D eigenvalue weighted by Gasteiger charge is 2.20. The molecule has 0 atom stereocenters. The number of nitrogens with zero attached hydrogens (tertiary/aromatic N) is 3. The Morgan fingerprint density at radius 2 is 1.72 bits per heavy atom. The average Bonchev–Trinajstić information content (AvgIpc) is 3.15. The molecule has 144 valence electrons. The molecule has 6 heteroatoms. The topological polar surface area (TPSA) is 59.8 Å². The van der Waals surface area contributed by atoms with Gasteiger partial charge in [0, 0.05) is 16.3 Å². The maximum Gasteiger partial charge on any atom is 0.295 e. The number of carbonyl (C=O) groups excluding carboxylic acids is 1. The van der Waals surface area contributed by atoms with Crippen LogP contribution < -0.4 is 5.32 Å². The van der Waals surface area contributed by atoms with Crippen LogP contribution in [0.4, 0.5) is 5.69 Å². The number of halogens is 1. The molecule has 0 fully saturated rings. The molecule has 0 aliphatic heterocycles. The summed E-state index contributed by atoms with van der Waals surface area (Å²) in [5.74, 6) is 0.331. The number of amides is 1. The molecule has 0 unspecified atom stereocenters. The lowest BCUT2D eigenvalue weighted by molar-refractivity contribution is 0.101. The summed E-state index contributed by atoms with van der Waals surface area (Å²) in [7, 11) is 0. The Balaban J connectivity index is 1.78. The second-order valence-electron chi connectivity index (χ2n) is 6.79. The van der Waals surface area contributed by atoms with Gasteiger partial charge in [0.15, 0.2) is 5.82 Å². The van der Waals surface area contributed by atoms with E-state index in [9.17, 15) is 4.79 Å². The zero-order valence-corrected chi connectivity index (χ0v) is 16.8. The van der Waals surface area contributed by atoms with Gasteiger partial charge in [-0.3, -0.25) is 4.79 Å². The van der Waals surface area contributed by atoms with Crippen LogP contribution >= 0.6 is 11.6 Å². The molecule has 4 aromatic rings. The predicted octanol–water partition coefficient (Wildman–Crippen LogP) is 5.46. The number of rotatable bonds is 4. The number of aromatic nitrogens is 3. The first-order chi connectivity index (χ1) is 14.0. The summed E-state index contributed by atoms with van der Waals surface area (Å²) >= 11 is 5.91. The van der Waals surface area contributed by atoms with Gasteiger partial charge in [0.1, 0.15) is 0 Å². The Morgan fingerprint density at radius 1 is 0.966 bits per heavy atom. The van der Waals surface area contributed by atoms with Crippen molar-refractivity contribution in [3.05, 3.63) is 94.8 Å². The molecule has 0 saturated heterocycles. The zero-order chi connectivity index (χ0) is 20.4. The van der Waals surface area contributed by atoms with Crippen molar-refractivity contribution in [3.63, 3.8) is 0 Å². The van der Waals surface area contributed by atoms with E-state index in [0.29, 0.717) is 16.5 Å². The number of benzene rings is 3. The fourth-order valence-electron chi connectivity index (χ4n) is 3.07. The number of hydrogen-bond donors (Lipinski definition) is 1. The van der Waals surface area contributed by atoms with Gasteiger partial charge < -0.3 is 5.32 Å². The van der Waals surface area contributed by atoms with Gasteiger partial charge in [-0.05, 0) is 55.8 Å². The van der Waals surface area contributed by atoms with E-state index in [1.165, 1.54) is 0 Å². The minimum absolute atomic E-state index is 0.0970. The number of carbonyl (C=O) groups is 1. The summed E-state index contributed by atoms with van der Waals surface area (Å²) in [6.45, 7) is 4.02. The van der Waals surface area contributed by atoms with Crippen LogP contribution in [0.3, 0.4) is 0 Å². The van der Waals surface area contributed by atoms with Gasteiger partial charge in [-0.25, -0.2) is 9.67 Å². The molecule has 1 heterocycles. The fourth-order valence-corrected chi connectivity index (χ4v) is 3.19. The van der Waals surface area contributed by atoms with Gasteiger partial charge in [0.05, 0.1) is 5.69 Å². The van der Waals surface area contributed by atoms with E-state index < -0.39 is 0 Å². The normalized spacial score (nSPS) is 10.7. The Labute approximate surface area is 174 Å². The zero-order valence-electron chi connectivity index (χ0n) is 16.1. The van der Waals surface area contributed by atoms with Crippen molar-refractivity contribution >= 4 is 23.2 Å². The quantitative estimate of drug-likeness (QED) is 0.493. The number of anilines is 1. The lowest BCUT2D eigenvalue weighted by Gasteiger charge is -2.09. The molecule has 1 N–H and O–H groups in total. The average molecular weight is 403 g/mol. The van der Waals surface area contributed by atoms with Crippen LogP contribution in [0.25, 0.3) is 17.1 Å². The molecule has 4 rings (SSSR count). The van der Waals surface area contributed by atoms with E-state index in [4.69, 9.17) is 11.6 Å². The van der Waals surface area contributed by atoms with E-state index in [0.717, 1.165) is 22.4 Å². The standard InChI is InChI=1S/C23H19ClN4O/c1-15-6-5-8-17(14-15)22-26-21(23(29)25-19-12-10-18(24)11-13-19)27-28(22)20-9-4-3-7-16(20)2/h3-14H,1-2H3,(H,25,29). The smallest absolute Gasteiger partial charge is 0.295 e. The van der Waals surface area contributed by atoms with Crippen LogP contribution in [0.2, 0.25) is 5.02 Å². The Kier molecular flexibility index (Phi) is 5.14. The summed E-state index contributed by atoms with van der Waals surface area (Å²) in [6.07, 6.45) is 0. The SMILES string of the molecule is Cc1cccc(-c2nc(C(=O)Nc3ccc(Cl)cc3)nn2-c2ccccc2C)c1. The lowest BCUT2D eigenvalue weighted by atomic mass is 10.1. The Hall–Kier alpha value is -3.44. The van der Waals surface area contributed by atoms with Gasteiger partial charge >= 0.3 is 0 Å². The number of nitrogens with one attached hydrogen (secondary N) is 1. The van der Waals surface area contributed by atoms with Crippen molar-refractivity contribution in [1.82, 2.24) is 14.8 Å². The van der Waals surface area contributed by atoms with Crippen LogP contribution in [0.1, 0.15) is 21.7 Å². The lowest BCUT2D eigenvalue weighted by Crippen LogP contribution is -2.14. The molecule has 0 aliphatic rings. The minimum atomic E-state index is -0.381. The van der Waals surface area contributed by atoms with Crippen LogP contribution in [0.15, 0.2) is 72.8 Å². The van der Waals surface area contributed by atoms with E-state index in [2.05, 4.69) is 15.4 Å². The van der Waals surface area contributed by atoms with Crippen molar-refractivity contribution in [1.29, 1.82) is 0 Å². The van der Waals surface area contributed by atoms with Crippen molar-refractivity contribution < 1.29 is 4.79 Å². The second-order valence-corrected chi connectivity index (χ2v) is 7.22.